The fraction of sp³-hybridized carbons (Fsp3) is 0.667. The number of hydrogen-bond acceptors (Lipinski definition) is 3. The Hall–Kier alpha value is -0.540. The minimum Gasteiger partial charge on any atom is -0.466 e. The molecule has 1 aliphatic rings. The Kier molecular flexibility index (Phi) is 1.47. The number of aliphatic hydroxyl groups is 1. The zero-order chi connectivity index (χ0) is 6.91. The molecule has 0 spiro atoms. The van der Waals surface area contributed by atoms with Crippen LogP contribution < -0.4 is 5.73 Å². The molecular formula is C6H11NO2. The Balaban J connectivity index is 2.50. The van der Waals surface area contributed by atoms with Crippen molar-refractivity contribution in [3.05, 3.63) is 11.8 Å². The molecule has 1 atom stereocenters. The summed E-state index contributed by atoms with van der Waals surface area (Å²) in [5, 5.41) is 9.17. The molecular weight excluding hydrogens is 118 g/mol. The first-order valence-corrected chi connectivity index (χ1v) is 2.94. The smallest absolute Gasteiger partial charge is 0.208 e. The summed E-state index contributed by atoms with van der Waals surface area (Å²) in [5.74, 6) is -0.325. The summed E-state index contributed by atoms with van der Waals surface area (Å²) in [6, 6.07) is 0. The van der Waals surface area contributed by atoms with E-state index in [0.717, 1.165) is 0 Å². The molecule has 1 unspecified atom stereocenters. The monoisotopic (exact) mass is 129 g/mol. The molecule has 0 aliphatic carbocycles. The first-order valence-electron chi connectivity index (χ1n) is 2.94. The van der Waals surface area contributed by atoms with E-state index < -0.39 is 5.79 Å². The highest BCUT2D eigenvalue weighted by Gasteiger charge is 2.26. The quantitative estimate of drug-likeness (QED) is 0.522. The van der Waals surface area contributed by atoms with Crippen LogP contribution in [0.5, 0.6) is 0 Å². The van der Waals surface area contributed by atoms with E-state index in [0.29, 0.717) is 18.7 Å². The molecule has 0 saturated heterocycles. The average Bonchev–Trinajstić information content (AvgIpc) is 2.10. The van der Waals surface area contributed by atoms with Crippen LogP contribution in [-0.2, 0) is 4.74 Å². The summed E-state index contributed by atoms with van der Waals surface area (Å²) in [6.45, 7) is 1.99. The van der Waals surface area contributed by atoms with Crippen LogP contribution in [0.2, 0.25) is 0 Å². The lowest BCUT2D eigenvalue weighted by Crippen LogP contribution is -2.23. The third kappa shape index (κ3) is 1.43. The van der Waals surface area contributed by atoms with E-state index in [9.17, 15) is 0 Å². The van der Waals surface area contributed by atoms with Gasteiger partial charge in [0.1, 0.15) is 5.76 Å². The van der Waals surface area contributed by atoms with Gasteiger partial charge in [-0.3, -0.25) is 0 Å². The van der Waals surface area contributed by atoms with Gasteiger partial charge in [0.05, 0.1) is 6.54 Å². The van der Waals surface area contributed by atoms with Crippen LogP contribution in [0.4, 0.5) is 0 Å². The summed E-state index contributed by atoms with van der Waals surface area (Å²) in [6.07, 6.45) is 2.35. The predicted octanol–water partition coefficient (Wildman–Crippen LogP) is -0.0422. The lowest BCUT2D eigenvalue weighted by molar-refractivity contribution is -0.144. The van der Waals surface area contributed by atoms with E-state index in [1.807, 2.05) is 0 Å². The van der Waals surface area contributed by atoms with E-state index in [-0.39, 0.29) is 0 Å². The molecule has 1 heterocycles. The molecule has 3 nitrogen and oxygen atoms in total. The Morgan fingerprint density at radius 1 is 2.00 bits per heavy atom. The molecule has 0 aromatic heterocycles. The van der Waals surface area contributed by atoms with Gasteiger partial charge in [0.25, 0.3) is 0 Å². The second-order valence-electron chi connectivity index (χ2n) is 2.36. The maximum Gasteiger partial charge on any atom is 0.208 e. The first-order chi connectivity index (χ1) is 4.14. The molecule has 1 aliphatic heterocycles. The Labute approximate surface area is 54.1 Å². The van der Waals surface area contributed by atoms with E-state index in [2.05, 4.69) is 0 Å². The fourth-order valence-corrected chi connectivity index (χ4v) is 0.794. The van der Waals surface area contributed by atoms with Gasteiger partial charge in [-0.05, 0) is 6.08 Å². The third-order valence-corrected chi connectivity index (χ3v) is 1.26. The lowest BCUT2D eigenvalue weighted by atomic mass is 10.2. The lowest BCUT2D eigenvalue weighted by Gasteiger charge is -2.17. The van der Waals surface area contributed by atoms with Crippen molar-refractivity contribution in [2.75, 3.05) is 6.54 Å². The topological polar surface area (TPSA) is 55.5 Å². The van der Waals surface area contributed by atoms with Crippen LogP contribution in [0.15, 0.2) is 11.8 Å². The van der Waals surface area contributed by atoms with Crippen LogP contribution in [0, 0.1) is 0 Å². The van der Waals surface area contributed by atoms with Gasteiger partial charge >= 0.3 is 0 Å². The molecule has 9 heavy (non-hydrogen) atoms. The summed E-state index contributed by atoms with van der Waals surface area (Å²) >= 11 is 0. The highest BCUT2D eigenvalue weighted by Crippen LogP contribution is 2.23. The van der Waals surface area contributed by atoms with E-state index >= 15 is 0 Å². The summed E-state index contributed by atoms with van der Waals surface area (Å²) in [7, 11) is 0. The van der Waals surface area contributed by atoms with Gasteiger partial charge in [0.2, 0.25) is 5.79 Å². The number of ether oxygens (including phenoxy) is 1. The molecule has 0 bridgehead atoms. The normalized spacial score (nSPS) is 33.9. The third-order valence-electron chi connectivity index (χ3n) is 1.26. The van der Waals surface area contributed by atoms with Crippen molar-refractivity contribution in [3.63, 3.8) is 0 Å². The summed E-state index contributed by atoms with van der Waals surface area (Å²) in [5.41, 5.74) is 5.25. The summed E-state index contributed by atoms with van der Waals surface area (Å²) in [4.78, 5) is 0. The van der Waals surface area contributed by atoms with Gasteiger partial charge in [-0.25, -0.2) is 0 Å². The molecule has 3 heteroatoms. The standard InChI is InChI=1S/C6H11NO2/c1-6(8)3-2-5(4-7)9-6/h2,8H,3-4,7H2,1H3. The van der Waals surface area contributed by atoms with Crippen LogP contribution in [0.3, 0.4) is 0 Å². The number of rotatable bonds is 1. The molecule has 0 amide bonds. The average molecular weight is 129 g/mol. The maximum absolute atomic E-state index is 9.17. The second kappa shape index (κ2) is 2.01. The number of nitrogens with two attached hydrogens (primary N) is 1. The number of hydrogen-bond donors (Lipinski definition) is 2. The van der Waals surface area contributed by atoms with Crippen molar-refractivity contribution < 1.29 is 9.84 Å². The van der Waals surface area contributed by atoms with Crippen LogP contribution >= 0.6 is 0 Å². The zero-order valence-electron chi connectivity index (χ0n) is 5.42. The Morgan fingerprint density at radius 3 is 2.89 bits per heavy atom. The van der Waals surface area contributed by atoms with E-state index in [1.54, 1.807) is 13.0 Å². The van der Waals surface area contributed by atoms with E-state index in [1.165, 1.54) is 0 Å². The summed E-state index contributed by atoms with van der Waals surface area (Å²) < 4.78 is 4.99. The van der Waals surface area contributed by atoms with E-state index in [4.69, 9.17) is 15.6 Å². The molecule has 0 saturated carbocycles. The Bertz CT molecular complexity index is 140. The van der Waals surface area contributed by atoms with Gasteiger partial charge in [0.15, 0.2) is 0 Å². The van der Waals surface area contributed by atoms with Gasteiger partial charge in [-0.2, -0.15) is 0 Å². The molecule has 52 valence electrons. The molecule has 0 aromatic rings. The molecule has 1 rings (SSSR count). The van der Waals surface area contributed by atoms with Crippen molar-refractivity contribution in [1.82, 2.24) is 0 Å². The SMILES string of the molecule is CC1(O)CC=C(CN)O1. The highest BCUT2D eigenvalue weighted by molar-refractivity contribution is 5.03. The van der Waals surface area contributed by atoms with Crippen molar-refractivity contribution in [2.24, 2.45) is 5.73 Å². The second-order valence-corrected chi connectivity index (χ2v) is 2.36. The van der Waals surface area contributed by atoms with Crippen molar-refractivity contribution in [2.45, 2.75) is 19.1 Å². The molecule has 3 N–H and O–H groups in total. The van der Waals surface area contributed by atoms with Crippen LogP contribution in [0.25, 0.3) is 0 Å². The van der Waals surface area contributed by atoms with Gasteiger partial charge in [-0.15, -0.1) is 0 Å². The zero-order valence-corrected chi connectivity index (χ0v) is 5.42. The van der Waals surface area contributed by atoms with Crippen LogP contribution in [-0.4, -0.2) is 17.4 Å². The molecule has 0 aromatic carbocycles. The van der Waals surface area contributed by atoms with Crippen LogP contribution in [0.1, 0.15) is 13.3 Å². The maximum atomic E-state index is 9.17. The molecule has 0 fully saturated rings. The Morgan fingerprint density at radius 2 is 2.67 bits per heavy atom. The van der Waals surface area contributed by atoms with Crippen molar-refractivity contribution in [1.29, 1.82) is 0 Å². The van der Waals surface area contributed by atoms with Gasteiger partial charge < -0.3 is 15.6 Å². The largest absolute Gasteiger partial charge is 0.466 e. The highest BCUT2D eigenvalue weighted by atomic mass is 16.6. The first kappa shape index (κ1) is 6.58. The van der Waals surface area contributed by atoms with Crippen molar-refractivity contribution >= 4 is 0 Å². The van der Waals surface area contributed by atoms with Gasteiger partial charge in [-0.1, -0.05) is 0 Å². The molecule has 0 radical (unpaired) electrons. The minimum absolute atomic E-state index is 0.371. The fourth-order valence-electron chi connectivity index (χ4n) is 0.794. The van der Waals surface area contributed by atoms with Crippen molar-refractivity contribution in [3.8, 4) is 0 Å². The minimum atomic E-state index is -1.01. The van der Waals surface area contributed by atoms with Gasteiger partial charge in [0, 0.05) is 13.3 Å². The predicted molar refractivity (Wildman–Crippen MR) is 33.5 cm³/mol.